The second-order valence-electron chi connectivity index (χ2n) is 14.2. The average Bonchev–Trinajstić information content (AvgIpc) is 3.74. The van der Waals surface area contributed by atoms with Crippen molar-refractivity contribution < 1.29 is 15.4 Å². The molecule has 0 fully saturated rings. The lowest BCUT2D eigenvalue weighted by atomic mass is 9.95. The number of benzene rings is 10. The predicted molar refractivity (Wildman–Crippen MR) is 245 cm³/mol. The minimum atomic E-state index is -0.430. The Morgan fingerprint density at radius 1 is 0.328 bits per heavy atom. The number of rotatable bonds is 7. The van der Waals surface area contributed by atoms with Crippen molar-refractivity contribution in [1.29, 1.82) is 0 Å². The van der Waals surface area contributed by atoms with E-state index in [1.54, 1.807) is 30.3 Å². The molecular weight excluding hydrogens is 703 g/mol. The zero-order valence-electron chi connectivity index (χ0n) is 39.1. The standard InChI is InChI=1S/C56H37NO/c1-3-17-48-39(11-1)13-8-20-50(48)41-27-33-46(34-28-41)57(47-35-29-42(30-36-47)52-22-10-23-54-53-19-5-6-24-55(53)58-56(52)54)45-31-25-38(26-32-45)43-15-7-16-44(37-43)51-21-9-14-40-12-2-4-18-49(40)51/h1-37H/i25D,26D,29D,30D,31D,32D,35D,36D. The molecule has 0 aliphatic heterocycles. The van der Waals surface area contributed by atoms with Gasteiger partial charge in [-0.3, -0.25) is 0 Å². The Labute approximate surface area is 348 Å². The molecule has 1 aromatic heterocycles. The number of para-hydroxylation sites is 2. The highest BCUT2D eigenvalue weighted by Gasteiger charge is 2.17. The minimum Gasteiger partial charge on any atom is -0.455 e. The van der Waals surface area contributed by atoms with Crippen molar-refractivity contribution in [2.75, 3.05) is 4.90 Å². The van der Waals surface area contributed by atoms with Crippen LogP contribution in [0.4, 0.5) is 17.1 Å². The highest BCUT2D eigenvalue weighted by atomic mass is 16.3. The smallest absolute Gasteiger partial charge is 0.143 e. The number of hydrogen-bond donors (Lipinski definition) is 0. The lowest BCUT2D eigenvalue weighted by Crippen LogP contribution is -2.09. The summed E-state index contributed by atoms with van der Waals surface area (Å²) in [6.45, 7) is 0. The third kappa shape index (κ3) is 5.91. The SMILES string of the molecule is [2H]c1c([2H])c(N(c2ccc(-c3cccc4ccccc34)cc2)c2c([2H])c([2H])c(-c3cccc4c3oc3ccccc34)c([2H])c2[2H])c([2H])c([2H])c1-c1cccc(-c2cccc3ccccc23)c1. The zero-order chi connectivity index (χ0) is 45.4. The van der Waals surface area contributed by atoms with E-state index in [9.17, 15) is 11.0 Å². The fraction of sp³-hybridized carbons (Fsp3) is 0. The molecule has 11 aromatic rings. The number of nitrogens with zero attached hydrogens (tertiary/aromatic N) is 1. The molecule has 2 nitrogen and oxygen atoms in total. The minimum absolute atomic E-state index is 0.0330. The summed E-state index contributed by atoms with van der Waals surface area (Å²) in [4.78, 5) is 1.34. The Morgan fingerprint density at radius 3 is 1.52 bits per heavy atom. The fourth-order valence-electron chi connectivity index (χ4n) is 8.02. The molecule has 272 valence electrons. The molecule has 0 bridgehead atoms. The number of fused-ring (bicyclic) bond motifs is 5. The third-order valence-electron chi connectivity index (χ3n) is 10.8. The summed E-state index contributed by atoms with van der Waals surface area (Å²) >= 11 is 0. The van der Waals surface area contributed by atoms with Gasteiger partial charge in [0.05, 0.1) is 11.0 Å². The molecule has 0 saturated heterocycles. The first kappa shape index (κ1) is 26.2. The Bertz CT molecular complexity index is 3700. The maximum atomic E-state index is 9.65. The summed E-state index contributed by atoms with van der Waals surface area (Å²) in [6.07, 6.45) is 0. The monoisotopic (exact) mass is 747 g/mol. The van der Waals surface area contributed by atoms with Gasteiger partial charge in [0.15, 0.2) is 0 Å². The quantitative estimate of drug-likeness (QED) is 0.161. The van der Waals surface area contributed by atoms with Crippen molar-refractivity contribution in [3.05, 3.63) is 224 Å². The Kier molecular flexibility index (Phi) is 6.38. The third-order valence-corrected chi connectivity index (χ3v) is 10.8. The maximum absolute atomic E-state index is 9.65. The highest BCUT2D eigenvalue weighted by Crippen LogP contribution is 2.41. The van der Waals surface area contributed by atoms with Gasteiger partial charge in [0.25, 0.3) is 0 Å². The molecule has 11 rings (SSSR count). The molecule has 0 N–H and O–H groups in total. The van der Waals surface area contributed by atoms with Crippen LogP contribution in [0, 0.1) is 0 Å². The van der Waals surface area contributed by atoms with Gasteiger partial charge in [0.1, 0.15) is 11.2 Å². The van der Waals surface area contributed by atoms with Crippen LogP contribution in [-0.4, -0.2) is 0 Å². The molecule has 1 heterocycles. The molecule has 0 atom stereocenters. The van der Waals surface area contributed by atoms with Crippen LogP contribution in [-0.2, 0) is 0 Å². The van der Waals surface area contributed by atoms with Crippen molar-refractivity contribution in [2.24, 2.45) is 0 Å². The van der Waals surface area contributed by atoms with E-state index in [0.717, 1.165) is 54.6 Å². The first-order chi connectivity index (χ1) is 32.1. The van der Waals surface area contributed by atoms with Crippen LogP contribution >= 0.6 is 0 Å². The predicted octanol–water partition coefficient (Wildman–Crippen LogP) is 16.0. The molecule has 58 heavy (non-hydrogen) atoms. The van der Waals surface area contributed by atoms with Crippen molar-refractivity contribution in [1.82, 2.24) is 0 Å². The Balaban J connectivity index is 1.12. The van der Waals surface area contributed by atoms with E-state index in [1.807, 2.05) is 146 Å². The Morgan fingerprint density at radius 2 is 0.828 bits per heavy atom. The summed E-state index contributed by atoms with van der Waals surface area (Å²) in [5.74, 6) is 0. The van der Waals surface area contributed by atoms with Crippen LogP contribution in [0.2, 0.25) is 0 Å². The van der Waals surface area contributed by atoms with Gasteiger partial charge in [-0.2, -0.15) is 0 Å². The van der Waals surface area contributed by atoms with Crippen LogP contribution in [0.25, 0.3) is 88.0 Å². The van der Waals surface area contributed by atoms with Gasteiger partial charge in [-0.25, -0.2) is 0 Å². The van der Waals surface area contributed by atoms with Crippen LogP contribution in [0.1, 0.15) is 11.0 Å². The van der Waals surface area contributed by atoms with E-state index in [4.69, 9.17) is 4.42 Å². The van der Waals surface area contributed by atoms with Gasteiger partial charge in [0, 0.05) is 33.4 Å². The molecule has 10 aromatic carbocycles. The van der Waals surface area contributed by atoms with Gasteiger partial charge in [0.2, 0.25) is 0 Å². The summed E-state index contributed by atoms with van der Waals surface area (Å²) in [6, 6.07) is 52.8. The topological polar surface area (TPSA) is 16.4 Å². The molecule has 0 aliphatic rings. The summed E-state index contributed by atoms with van der Waals surface area (Å²) in [5, 5.41) is 5.82. The van der Waals surface area contributed by atoms with E-state index in [-0.39, 0.29) is 46.7 Å². The molecule has 0 spiro atoms. The fourth-order valence-corrected chi connectivity index (χ4v) is 8.02. The molecule has 0 aliphatic carbocycles. The first-order valence-corrected chi connectivity index (χ1v) is 19.2. The summed E-state index contributed by atoms with van der Waals surface area (Å²) < 4.78 is 83.0. The van der Waals surface area contributed by atoms with Crippen molar-refractivity contribution in [3.63, 3.8) is 0 Å². The largest absolute Gasteiger partial charge is 0.455 e. The van der Waals surface area contributed by atoms with E-state index < -0.39 is 24.2 Å². The molecule has 0 radical (unpaired) electrons. The van der Waals surface area contributed by atoms with Crippen molar-refractivity contribution >= 4 is 60.5 Å². The molecule has 0 amide bonds. The number of furan rings is 1. The Hall–Kier alpha value is -7.68. The van der Waals surface area contributed by atoms with Crippen LogP contribution in [0.15, 0.2) is 229 Å². The van der Waals surface area contributed by atoms with E-state index >= 15 is 0 Å². The molecular formula is C56H37NO. The van der Waals surface area contributed by atoms with E-state index in [2.05, 4.69) is 0 Å². The summed E-state index contributed by atoms with van der Waals surface area (Å²) in [7, 11) is 0. The lowest BCUT2D eigenvalue weighted by molar-refractivity contribution is 0.670. The van der Waals surface area contributed by atoms with Gasteiger partial charge in [-0.1, -0.05) is 176 Å². The second-order valence-corrected chi connectivity index (χ2v) is 14.2. The summed E-state index contributed by atoms with van der Waals surface area (Å²) in [5.41, 5.74) is 5.57. The van der Waals surface area contributed by atoms with Crippen LogP contribution in [0.5, 0.6) is 0 Å². The molecule has 2 heteroatoms. The maximum Gasteiger partial charge on any atom is 0.143 e. The van der Waals surface area contributed by atoms with Gasteiger partial charge < -0.3 is 9.32 Å². The number of hydrogen-bond acceptors (Lipinski definition) is 2. The average molecular weight is 748 g/mol. The molecule has 0 saturated carbocycles. The lowest BCUT2D eigenvalue weighted by Gasteiger charge is -2.26. The number of anilines is 3. The highest BCUT2D eigenvalue weighted by molar-refractivity contribution is 6.09. The van der Waals surface area contributed by atoms with Crippen LogP contribution < -0.4 is 4.90 Å². The van der Waals surface area contributed by atoms with Gasteiger partial charge in [-0.15, -0.1) is 0 Å². The van der Waals surface area contributed by atoms with E-state index in [0.29, 0.717) is 28.0 Å². The van der Waals surface area contributed by atoms with Crippen molar-refractivity contribution in [3.8, 4) is 44.5 Å². The second kappa shape index (κ2) is 14.1. The van der Waals surface area contributed by atoms with E-state index in [1.165, 1.54) is 4.90 Å². The normalized spacial score (nSPS) is 13.4. The van der Waals surface area contributed by atoms with Gasteiger partial charge in [-0.05, 0) is 109 Å². The zero-order valence-corrected chi connectivity index (χ0v) is 31.1. The molecule has 0 unspecified atom stereocenters. The van der Waals surface area contributed by atoms with Crippen molar-refractivity contribution in [2.45, 2.75) is 0 Å². The first-order valence-electron chi connectivity index (χ1n) is 23.2. The van der Waals surface area contributed by atoms with Crippen LogP contribution in [0.3, 0.4) is 0 Å². The van der Waals surface area contributed by atoms with Gasteiger partial charge >= 0.3 is 0 Å².